The van der Waals surface area contributed by atoms with E-state index < -0.39 is 0 Å². The van der Waals surface area contributed by atoms with Gasteiger partial charge in [-0.05, 0) is 51.8 Å². The number of halogens is 4. The Balaban J connectivity index is 2.28. The van der Waals surface area contributed by atoms with Crippen molar-refractivity contribution in [3.63, 3.8) is 0 Å². The predicted octanol–water partition coefficient (Wildman–Crippen LogP) is 6.55. The molecule has 0 fully saturated rings. The molecule has 0 spiro atoms. The lowest BCUT2D eigenvalue weighted by Gasteiger charge is -2.10. The van der Waals surface area contributed by atoms with Gasteiger partial charge in [0.25, 0.3) is 0 Å². The van der Waals surface area contributed by atoms with Gasteiger partial charge >= 0.3 is 0 Å². The molecule has 0 radical (unpaired) electrons. The topological polar surface area (TPSA) is 9.23 Å². The summed E-state index contributed by atoms with van der Waals surface area (Å²) in [5.41, 5.74) is 1.18. The molecule has 5 heteroatoms. The van der Waals surface area contributed by atoms with Crippen molar-refractivity contribution in [2.75, 3.05) is 0 Å². The fourth-order valence-electron chi connectivity index (χ4n) is 1.39. The average Bonchev–Trinajstić information content (AvgIpc) is 2.34. The SMILES string of the molecule is Clc1cc(Br)ccc1Oc1ccc(CBr)cc1Br. The summed E-state index contributed by atoms with van der Waals surface area (Å²) in [6.07, 6.45) is 0. The fourth-order valence-corrected chi connectivity index (χ4v) is 2.95. The Kier molecular flexibility index (Phi) is 5.13. The van der Waals surface area contributed by atoms with Crippen molar-refractivity contribution in [1.82, 2.24) is 0 Å². The molecule has 0 aliphatic heterocycles. The van der Waals surface area contributed by atoms with Crippen LogP contribution >= 0.6 is 59.4 Å². The number of alkyl halides is 1. The van der Waals surface area contributed by atoms with Crippen molar-refractivity contribution >= 4 is 59.4 Å². The number of ether oxygens (including phenoxy) is 1. The van der Waals surface area contributed by atoms with Gasteiger partial charge in [0.1, 0.15) is 11.5 Å². The normalized spacial score (nSPS) is 10.4. The van der Waals surface area contributed by atoms with Crippen LogP contribution in [-0.4, -0.2) is 0 Å². The van der Waals surface area contributed by atoms with E-state index in [9.17, 15) is 0 Å². The van der Waals surface area contributed by atoms with Crippen molar-refractivity contribution in [2.45, 2.75) is 5.33 Å². The van der Waals surface area contributed by atoms with Crippen LogP contribution in [0, 0.1) is 0 Å². The van der Waals surface area contributed by atoms with E-state index in [-0.39, 0.29) is 0 Å². The largest absolute Gasteiger partial charge is 0.455 e. The minimum atomic E-state index is 0.570. The van der Waals surface area contributed by atoms with Crippen molar-refractivity contribution in [2.24, 2.45) is 0 Å². The molecule has 0 aromatic heterocycles. The van der Waals surface area contributed by atoms with Gasteiger partial charge in [0.2, 0.25) is 0 Å². The Morgan fingerprint density at radius 3 is 2.33 bits per heavy atom. The molecule has 2 rings (SSSR count). The number of hydrogen-bond donors (Lipinski definition) is 0. The summed E-state index contributed by atoms with van der Waals surface area (Å²) in [5.74, 6) is 1.37. The van der Waals surface area contributed by atoms with Crippen molar-refractivity contribution < 1.29 is 4.74 Å². The molecule has 94 valence electrons. The summed E-state index contributed by atoms with van der Waals surface area (Å²) in [6, 6.07) is 11.5. The van der Waals surface area contributed by atoms with Gasteiger partial charge < -0.3 is 4.74 Å². The first-order valence-corrected chi connectivity index (χ1v) is 8.16. The van der Waals surface area contributed by atoms with Gasteiger partial charge in [-0.2, -0.15) is 0 Å². The van der Waals surface area contributed by atoms with Crippen molar-refractivity contribution in [3.8, 4) is 11.5 Å². The quantitative estimate of drug-likeness (QED) is 0.477. The fraction of sp³-hybridized carbons (Fsp3) is 0.0769. The minimum absolute atomic E-state index is 0.570. The molecule has 0 saturated heterocycles. The van der Waals surface area contributed by atoms with Gasteiger partial charge in [0.15, 0.2) is 0 Å². The lowest BCUT2D eigenvalue weighted by Crippen LogP contribution is -1.88. The predicted molar refractivity (Wildman–Crippen MR) is 86.0 cm³/mol. The monoisotopic (exact) mass is 452 g/mol. The first-order chi connectivity index (χ1) is 8.60. The second-order valence-corrected chi connectivity index (χ2v) is 6.31. The Labute approximate surface area is 136 Å². The van der Waals surface area contributed by atoms with Gasteiger partial charge in [0.05, 0.1) is 9.50 Å². The van der Waals surface area contributed by atoms with E-state index in [1.807, 2.05) is 30.3 Å². The van der Waals surface area contributed by atoms with E-state index >= 15 is 0 Å². The Morgan fingerprint density at radius 2 is 1.72 bits per heavy atom. The summed E-state index contributed by atoms with van der Waals surface area (Å²) < 4.78 is 7.61. The lowest BCUT2D eigenvalue weighted by molar-refractivity contribution is 0.479. The van der Waals surface area contributed by atoms with E-state index in [4.69, 9.17) is 16.3 Å². The molecule has 0 unspecified atom stereocenters. The van der Waals surface area contributed by atoms with Crippen LogP contribution in [0.1, 0.15) is 5.56 Å². The van der Waals surface area contributed by atoms with E-state index in [2.05, 4.69) is 47.8 Å². The summed E-state index contributed by atoms with van der Waals surface area (Å²) in [4.78, 5) is 0. The zero-order chi connectivity index (χ0) is 13.1. The smallest absolute Gasteiger partial charge is 0.146 e. The van der Waals surface area contributed by atoms with Gasteiger partial charge in [-0.3, -0.25) is 0 Å². The van der Waals surface area contributed by atoms with E-state index in [1.165, 1.54) is 5.56 Å². The molecule has 1 nitrogen and oxygen atoms in total. The number of benzene rings is 2. The highest BCUT2D eigenvalue weighted by Crippen LogP contribution is 2.35. The third-order valence-electron chi connectivity index (χ3n) is 2.26. The zero-order valence-electron chi connectivity index (χ0n) is 9.09. The van der Waals surface area contributed by atoms with Crippen LogP contribution in [0.25, 0.3) is 0 Å². The molecular weight excluding hydrogens is 447 g/mol. The van der Waals surface area contributed by atoms with Crippen molar-refractivity contribution in [1.29, 1.82) is 0 Å². The Morgan fingerprint density at radius 1 is 1.00 bits per heavy atom. The maximum atomic E-state index is 6.11. The third-order valence-corrected chi connectivity index (χ3v) is 4.32. The van der Waals surface area contributed by atoms with Crippen molar-refractivity contribution in [3.05, 3.63) is 55.9 Å². The Bertz CT molecular complexity index is 572. The highest BCUT2D eigenvalue weighted by atomic mass is 79.9. The summed E-state index contributed by atoms with van der Waals surface area (Å²) in [6.45, 7) is 0. The molecule has 0 aliphatic carbocycles. The van der Waals surface area contributed by atoms with E-state index in [0.717, 1.165) is 20.0 Å². The average molecular weight is 455 g/mol. The molecule has 0 heterocycles. The first-order valence-electron chi connectivity index (χ1n) is 5.07. The standard InChI is InChI=1S/C13H8Br3ClO/c14-7-8-1-3-12(10(16)5-8)18-13-4-2-9(15)6-11(13)17/h1-6H,7H2. The highest BCUT2D eigenvalue weighted by Gasteiger charge is 2.07. The van der Waals surface area contributed by atoms with E-state index in [0.29, 0.717) is 10.8 Å². The summed E-state index contributed by atoms with van der Waals surface area (Å²) in [7, 11) is 0. The van der Waals surface area contributed by atoms with Crippen LogP contribution in [0.5, 0.6) is 11.5 Å². The molecule has 18 heavy (non-hydrogen) atoms. The van der Waals surface area contributed by atoms with Crippen LogP contribution < -0.4 is 4.74 Å². The van der Waals surface area contributed by atoms with Gasteiger partial charge in [-0.1, -0.05) is 49.5 Å². The lowest BCUT2D eigenvalue weighted by atomic mass is 10.2. The Hall–Kier alpha value is -0.0300. The second kappa shape index (κ2) is 6.42. The first kappa shape index (κ1) is 14.4. The van der Waals surface area contributed by atoms with Gasteiger partial charge in [0, 0.05) is 9.80 Å². The van der Waals surface area contributed by atoms with Gasteiger partial charge in [-0.15, -0.1) is 0 Å². The maximum Gasteiger partial charge on any atom is 0.146 e. The molecule has 0 saturated carbocycles. The molecule has 0 aliphatic rings. The van der Waals surface area contributed by atoms with Gasteiger partial charge in [-0.25, -0.2) is 0 Å². The van der Waals surface area contributed by atoms with Crippen LogP contribution in [-0.2, 0) is 5.33 Å². The molecule has 0 bridgehead atoms. The number of rotatable bonds is 3. The molecule has 2 aromatic rings. The molecule has 2 aromatic carbocycles. The summed E-state index contributed by atoms with van der Waals surface area (Å²) in [5, 5.41) is 1.38. The van der Waals surface area contributed by atoms with Crippen LogP contribution in [0.3, 0.4) is 0 Å². The molecular formula is C13H8Br3ClO. The second-order valence-electron chi connectivity index (χ2n) is 3.58. The highest BCUT2D eigenvalue weighted by molar-refractivity contribution is 9.11. The minimum Gasteiger partial charge on any atom is -0.455 e. The molecule has 0 atom stereocenters. The number of hydrogen-bond acceptors (Lipinski definition) is 1. The zero-order valence-corrected chi connectivity index (χ0v) is 14.6. The molecule has 0 N–H and O–H groups in total. The van der Waals surface area contributed by atoms with E-state index in [1.54, 1.807) is 6.07 Å². The third kappa shape index (κ3) is 3.50. The molecule has 0 amide bonds. The summed E-state index contributed by atoms with van der Waals surface area (Å²) >= 11 is 16.4. The van der Waals surface area contributed by atoms with Crippen LogP contribution in [0.4, 0.5) is 0 Å². The maximum absolute atomic E-state index is 6.11. The van der Waals surface area contributed by atoms with Crippen LogP contribution in [0.15, 0.2) is 45.3 Å². The van der Waals surface area contributed by atoms with Crippen LogP contribution in [0.2, 0.25) is 5.02 Å².